The van der Waals surface area contributed by atoms with Crippen molar-refractivity contribution in [1.82, 2.24) is 9.97 Å². The van der Waals surface area contributed by atoms with Crippen molar-refractivity contribution < 1.29 is 22.3 Å². The third kappa shape index (κ3) is 4.22. The number of nitrogen functional groups attached to an aromatic ring is 1. The highest BCUT2D eigenvalue weighted by Crippen LogP contribution is 2.23. The van der Waals surface area contributed by atoms with Gasteiger partial charge in [-0.2, -0.15) is 8.78 Å². The van der Waals surface area contributed by atoms with Crippen LogP contribution in [0, 0.1) is 3.57 Å². The van der Waals surface area contributed by atoms with Gasteiger partial charge in [-0.05, 0) is 22.6 Å². The Morgan fingerprint density at radius 3 is 2.65 bits per heavy atom. The molecule has 0 spiro atoms. The molecule has 1 rings (SSSR count). The van der Waals surface area contributed by atoms with Crippen LogP contribution in [-0.2, 0) is 11.3 Å². The lowest BCUT2D eigenvalue weighted by atomic mass is 10.4. The van der Waals surface area contributed by atoms with E-state index in [4.69, 9.17) is 5.73 Å². The SMILES string of the molecule is Nc1nc(COCC(F)(F)C(F)F)ncc1I. The van der Waals surface area contributed by atoms with Crippen molar-refractivity contribution in [3.05, 3.63) is 15.6 Å². The average Bonchev–Trinajstić information content (AvgIpc) is 2.23. The lowest BCUT2D eigenvalue weighted by Crippen LogP contribution is -2.32. The van der Waals surface area contributed by atoms with Gasteiger partial charge in [0.15, 0.2) is 5.82 Å². The maximum atomic E-state index is 12.5. The van der Waals surface area contributed by atoms with E-state index in [1.165, 1.54) is 6.20 Å². The number of aromatic nitrogens is 2. The molecule has 0 unspecified atom stereocenters. The number of hydrogen-bond acceptors (Lipinski definition) is 4. The van der Waals surface area contributed by atoms with Gasteiger partial charge in [-0.1, -0.05) is 0 Å². The van der Waals surface area contributed by atoms with Crippen LogP contribution in [0.5, 0.6) is 0 Å². The molecule has 0 fully saturated rings. The highest BCUT2D eigenvalue weighted by atomic mass is 127. The predicted octanol–water partition coefficient (Wildman–Crippen LogP) is 2.08. The minimum atomic E-state index is -4.17. The minimum absolute atomic E-state index is 0.0629. The number of ether oxygens (including phenoxy) is 1. The molecular weight excluding hydrogens is 357 g/mol. The Morgan fingerprint density at radius 2 is 2.12 bits per heavy atom. The molecule has 0 bridgehead atoms. The summed E-state index contributed by atoms with van der Waals surface area (Å²) in [7, 11) is 0. The summed E-state index contributed by atoms with van der Waals surface area (Å²) in [6.45, 7) is -1.79. The Labute approximate surface area is 108 Å². The molecule has 0 atom stereocenters. The molecule has 17 heavy (non-hydrogen) atoms. The lowest BCUT2D eigenvalue weighted by molar-refractivity contribution is -0.168. The first kappa shape index (κ1) is 14.4. The number of nitrogens with two attached hydrogens (primary N) is 1. The van der Waals surface area contributed by atoms with Crippen LogP contribution < -0.4 is 5.73 Å². The summed E-state index contributed by atoms with van der Waals surface area (Å²) in [6, 6.07) is 0. The summed E-state index contributed by atoms with van der Waals surface area (Å²) < 4.78 is 53.5. The number of anilines is 1. The Morgan fingerprint density at radius 1 is 1.47 bits per heavy atom. The fourth-order valence-electron chi connectivity index (χ4n) is 0.830. The number of rotatable bonds is 5. The normalized spacial score (nSPS) is 12.1. The zero-order chi connectivity index (χ0) is 13.1. The van der Waals surface area contributed by atoms with E-state index in [0.717, 1.165) is 0 Å². The number of hydrogen-bond donors (Lipinski definition) is 1. The monoisotopic (exact) mass is 365 g/mol. The predicted molar refractivity (Wildman–Crippen MR) is 59.8 cm³/mol. The van der Waals surface area contributed by atoms with Gasteiger partial charge in [0.1, 0.15) is 19.0 Å². The standard InChI is InChI=1S/C8H8F4IN3O/c9-7(10)8(11,12)3-17-2-5-15-1-4(13)6(14)16-5/h1,7H,2-3H2,(H2,14,15,16). The lowest BCUT2D eigenvalue weighted by Gasteiger charge is -2.14. The van der Waals surface area contributed by atoms with Gasteiger partial charge in [0.25, 0.3) is 0 Å². The maximum Gasteiger partial charge on any atom is 0.330 e. The van der Waals surface area contributed by atoms with Crippen molar-refractivity contribution in [3.63, 3.8) is 0 Å². The summed E-state index contributed by atoms with van der Waals surface area (Å²) in [6.07, 6.45) is -2.38. The molecule has 0 aliphatic rings. The maximum absolute atomic E-state index is 12.5. The first-order valence-corrected chi connectivity index (χ1v) is 5.41. The van der Waals surface area contributed by atoms with E-state index in [2.05, 4.69) is 14.7 Å². The van der Waals surface area contributed by atoms with E-state index in [-0.39, 0.29) is 11.6 Å². The smallest absolute Gasteiger partial charge is 0.330 e. The van der Waals surface area contributed by atoms with E-state index >= 15 is 0 Å². The second kappa shape index (κ2) is 5.76. The second-order valence-corrected chi connectivity index (χ2v) is 4.24. The first-order chi connectivity index (χ1) is 7.83. The quantitative estimate of drug-likeness (QED) is 0.641. The van der Waals surface area contributed by atoms with Gasteiger partial charge in [-0.3, -0.25) is 0 Å². The van der Waals surface area contributed by atoms with Gasteiger partial charge in [-0.25, -0.2) is 18.7 Å². The van der Waals surface area contributed by atoms with Crippen LogP contribution in [0.25, 0.3) is 0 Å². The molecular formula is C8H8F4IN3O. The van der Waals surface area contributed by atoms with Crippen LogP contribution >= 0.6 is 22.6 Å². The third-order valence-corrected chi connectivity index (χ3v) is 2.50. The number of alkyl halides is 4. The molecule has 1 aromatic rings. The van der Waals surface area contributed by atoms with E-state index < -0.39 is 25.6 Å². The summed E-state index contributed by atoms with van der Waals surface area (Å²) in [5.74, 6) is -3.93. The van der Waals surface area contributed by atoms with Gasteiger partial charge in [0, 0.05) is 6.20 Å². The Balaban J connectivity index is 2.49. The fraction of sp³-hybridized carbons (Fsp3) is 0.500. The summed E-state index contributed by atoms with van der Waals surface area (Å²) in [5, 5.41) is 0. The summed E-state index contributed by atoms with van der Waals surface area (Å²) >= 11 is 1.89. The van der Waals surface area contributed by atoms with E-state index in [0.29, 0.717) is 3.57 Å². The molecule has 1 aromatic heterocycles. The highest BCUT2D eigenvalue weighted by molar-refractivity contribution is 14.1. The van der Waals surface area contributed by atoms with Gasteiger partial charge in [0.2, 0.25) is 0 Å². The van der Waals surface area contributed by atoms with Crippen molar-refractivity contribution in [3.8, 4) is 0 Å². The van der Waals surface area contributed by atoms with Crippen molar-refractivity contribution in [2.24, 2.45) is 0 Å². The highest BCUT2D eigenvalue weighted by Gasteiger charge is 2.40. The van der Waals surface area contributed by atoms with Crippen molar-refractivity contribution in [2.75, 3.05) is 12.3 Å². The third-order valence-electron chi connectivity index (χ3n) is 1.67. The van der Waals surface area contributed by atoms with Gasteiger partial charge in [0.05, 0.1) is 3.57 Å². The Kier molecular flexibility index (Phi) is 4.86. The van der Waals surface area contributed by atoms with Crippen LogP contribution in [0.3, 0.4) is 0 Å². The first-order valence-electron chi connectivity index (χ1n) is 4.33. The molecule has 0 aliphatic carbocycles. The molecule has 1 heterocycles. The summed E-state index contributed by atoms with van der Waals surface area (Å²) in [5.41, 5.74) is 5.44. The van der Waals surface area contributed by atoms with Gasteiger partial charge >= 0.3 is 12.3 Å². The molecule has 0 aromatic carbocycles. The van der Waals surface area contributed by atoms with Crippen molar-refractivity contribution >= 4 is 28.4 Å². The molecule has 0 saturated carbocycles. The van der Waals surface area contributed by atoms with Gasteiger partial charge < -0.3 is 10.5 Å². The molecule has 2 N–H and O–H groups in total. The van der Waals surface area contributed by atoms with Crippen LogP contribution in [0.2, 0.25) is 0 Å². The molecule has 96 valence electrons. The Bertz CT molecular complexity index is 391. The van der Waals surface area contributed by atoms with Crippen molar-refractivity contribution in [1.29, 1.82) is 0 Å². The summed E-state index contributed by atoms with van der Waals surface area (Å²) in [4.78, 5) is 7.49. The van der Waals surface area contributed by atoms with Crippen LogP contribution in [0.4, 0.5) is 23.4 Å². The van der Waals surface area contributed by atoms with E-state index in [1.54, 1.807) is 0 Å². The van der Waals surface area contributed by atoms with Crippen molar-refractivity contribution in [2.45, 2.75) is 19.0 Å². The molecule has 0 aliphatic heterocycles. The fourth-order valence-corrected chi connectivity index (χ4v) is 1.09. The minimum Gasteiger partial charge on any atom is -0.383 e. The molecule has 0 radical (unpaired) electrons. The van der Waals surface area contributed by atoms with Gasteiger partial charge in [-0.15, -0.1) is 0 Å². The van der Waals surface area contributed by atoms with Crippen LogP contribution in [-0.4, -0.2) is 28.9 Å². The number of nitrogens with zero attached hydrogens (tertiary/aromatic N) is 2. The average molecular weight is 365 g/mol. The van der Waals surface area contributed by atoms with Crippen LogP contribution in [0.1, 0.15) is 5.82 Å². The van der Waals surface area contributed by atoms with E-state index in [9.17, 15) is 17.6 Å². The molecule has 0 saturated heterocycles. The van der Waals surface area contributed by atoms with E-state index in [1.807, 2.05) is 22.6 Å². The molecule has 4 nitrogen and oxygen atoms in total. The zero-order valence-corrected chi connectivity index (χ0v) is 10.5. The largest absolute Gasteiger partial charge is 0.383 e. The zero-order valence-electron chi connectivity index (χ0n) is 8.34. The van der Waals surface area contributed by atoms with Crippen LogP contribution in [0.15, 0.2) is 6.20 Å². The topological polar surface area (TPSA) is 61.0 Å². The Hall–Kier alpha value is -0.710. The second-order valence-electron chi connectivity index (χ2n) is 3.07. The molecule has 9 heteroatoms. The molecule has 0 amide bonds. The number of halogens is 5.